The van der Waals surface area contributed by atoms with Crippen molar-refractivity contribution in [2.24, 2.45) is 11.3 Å². The van der Waals surface area contributed by atoms with E-state index in [9.17, 15) is 8.42 Å². The number of hydrogen-bond acceptors (Lipinski definition) is 4. The van der Waals surface area contributed by atoms with Crippen molar-refractivity contribution in [3.8, 4) is 0 Å². The standard InChI is InChI=1S/C12H21NO3S/c14-17(15)5-3-10(7-17)12(8-13-9-12)6-11-2-1-4-16-11/h10-11,13H,1-9H2. The van der Waals surface area contributed by atoms with Gasteiger partial charge in [-0.2, -0.15) is 0 Å². The summed E-state index contributed by atoms with van der Waals surface area (Å²) in [5.41, 5.74) is 0.207. The molecule has 2 atom stereocenters. The Morgan fingerprint density at radius 3 is 2.59 bits per heavy atom. The Kier molecular flexibility index (Phi) is 2.96. The number of rotatable bonds is 3. The molecule has 17 heavy (non-hydrogen) atoms. The molecule has 0 aromatic carbocycles. The van der Waals surface area contributed by atoms with E-state index < -0.39 is 9.84 Å². The van der Waals surface area contributed by atoms with E-state index in [1.165, 1.54) is 0 Å². The maximum absolute atomic E-state index is 11.6. The van der Waals surface area contributed by atoms with Crippen LogP contribution in [0.1, 0.15) is 25.7 Å². The Balaban J connectivity index is 1.69. The molecule has 5 heteroatoms. The molecule has 98 valence electrons. The van der Waals surface area contributed by atoms with Gasteiger partial charge in [-0.25, -0.2) is 8.42 Å². The molecule has 3 aliphatic rings. The largest absolute Gasteiger partial charge is 0.378 e. The summed E-state index contributed by atoms with van der Waals surface area (Å²) in [4.78, 5) is 0. The molecule has 0 saturated carbocycles. The second-order valence-corrected chi connectivity index (χ2v) is 8.13. The first-order valence-corrected chi connectivity index (χ1v) is 8.45. The van der Waals surface area contributed by atoms with Gasteiger partial charge < -0.3 is 10.1 Å². The molecule has 3 saturated heterocycles. The normalized spacial score (nSPS) is 39.1. The predicted octanol–water partition coefficient (Wildman–Crippen LogP) is 0.580. The number of nitrogens with one attached hydrogen (secondary N) is 1. The van der Waals surface area contributed by atoms with Crippen molar-refractivity contribution in [2.75, 3.05) is 31.2 Å². The summed E-state index contributed by atoms with van der Waals surface area (Å²) in [7, 11) is -2.76. The molecule has 2 unspecified atom stereocenters. The summed E-state index contributed by atoms with van der Waals surface area (Å²) in [5, 5.41) is 3.33. The molecule has 0 aromatic heterocycles. The van der Waals surface area contributed by atoms with Crippen molar-refractivity contribution >= 4 is 9.84 Å². The van der Waals surface area contributed by atoms with Crippen molar-refractivity contribution < 1.29 is 13.2 Å². The van der Waals surface area contributed by atoms with Gasteiger partial charge in [0.2, 0.25) is 0 Å². The Morgan fingerprint density at radius 2 is 2.12 bits per heavy atom. The van der Waals surface area contributed by atoms with Crippen LogP contribution >= 0.6 is 0 Å². The van der Waals surface area contributed by atoms with Crippen LogP contribution in [0.2, 0.25) is 0 Å². The SMILES string of the molecule is O=S1(=O)CCC(C2(CC3CCCO3)CNC2)C1. The van der Waals surface area contributed by atoms with Crippen LogP contribution in [0, 0.1) is 11.3 Å². The minimum atomic E-state index is -2.76. The quantitative estimate of drug-likeness (QED) is 0.805. The lowest BCUT2D eigenvalue weighted by Gasteiger charge is -2.48. The molecule has 3 aliphatic heterocycles. The van der Waals surface area contributed by atoms with Gasteiger partial charge in [-0.1, -0.05) is 0 Å². The number of sulfone groups is 1. The van der Waals surface area contributed by atoms with Crippen molar-refractivity contribution in [1.29, 1.82) is 0 Å². The monoisotopic (exact) mass is 259 g/mol. The molecule has 0 bridgehead atoms. The average Bonchev–Trinajstić information content (AvgIpc) is 2.81. The molecule has 3 heterocycles. The van der Waals surface area contributed by atoms with E-state index in [0.29, 0.717) is 23.5 Å². The summed E-state index contributed by atoms with van der Waals surface area (Å²) >= 11 is 0. The average molecular weight is 259 g/mol. The summed E-state index contributed by atoms with van der Waals surface area (Å²) in [5.74, 6) is 1.16. The fourth-order valence-corrected chi connectivity index (χ4v) is 5.53. The van der Waals surface area contributed by atoms with E-state index in [4.69, 9.17) is 4.74 Å². The first kappa shape index (κ1) is 11.9. The van der Waals surface area contributed by atoms with Gasteiger partial charge in [0.1, 0.15) is 0 Å². The van der Waals surface area contributed by atoms with E-state index in [0.717, 1.165) is 45.4 Å². The molecule has 0 aliphatic carbocycles. The van der Waals surface area contributed by atoms with E-state index in [-0.39, 0.29) is 5.41 Å². The van der Waals surface area contributed by atoms with Gasteiger partial charge in [0.25, 0.3) is 0 Å². The molecular formula is C12H21NO3S. The van der Waals surface area contributed by atoms with Gasteiger partial charge in [-0.3, -0.25) is 0 Å². The maximum atomic E-state index is 11.6. The van der Waals surface area contributed by atoms with Crippen molar-refractivity contribution in [1.82, 2.24) is 5.32 Å². The Bertz CT molecular complexity index is 383. The summed E-state index contributed by atoms with van der Waals surface area (Å²) in [6, 6.07) is 0. The van der Waals surface area contributed by atoms with Gasteiger partial charge in [-0.15, -0.1) is 0 Å². The van der Waals surface area contributed by atoms with Crippen LogP contribution < -0.4 is 5.32 Å². The van der Waals surface area contributed by atoms with Gasteiger partial charge >= 0.3 is 0 Å². The van der Waals surface area contributed by atoms with Gasteiger partial charge in [0.15, 0.2) is 9.84 Å². The van der Waals surface area contributed by atoms with Crippen LogP contribution in [0.3, 0.4) is 0 Å². The minimum absolute atomic E-state index is 0.207. The number of ether oxygens (including phenoxy) is 1. The summed E-state index contributed by atoms with van der Waals surface area (Å²) in [6.45, 7) is 2.84. The van der Waals surface area contributed by atoms with Gasteiger partial charge in [-0.05, 0) is 31.6 Å². The van der Waals surface area contributed by atoms with E-state index in [2.05, 4.69) is 5.32 Å². The lowest BCUT2D eigenvalue weighted by molar-refractivity contribution is 0.00532. The molecule has 0 radical (unpaired) electrons. The topological polar surface area (TPSA) is 55.4 Å². The van der Waals surface area contributed by atoms with Crippen LogP contribution in [0.15, 0.2) is 0 Å². The highest BCUT2D eigenvalue weighted by Crippen LogP contribution is 2.44. The predicted molar refractivity (Wildman–Crippen MR) is 65.7 cm³/mol. The molecule has 3 fully saturated rings. The second kappa shape index (κ2) is 4.21. The zero-order chi connectivity index (χ0) is 11.9. The maximum Gasteiger partial charge on any atom is 0.150 e. The summed E-state index contributed by atoms with van der Waals surface area (Å²) in [6.07, 6.45) is 4.61. The molecular weight excluding hydrogens is 238 g/mol. The zero-order valence-electron chi connectivity index (χ0n) is 10.2. The first-order chi connectivity index (χ1) is 8.10. The minimum Gasteiger partial charge on any atom is -0.378 e. The van der Waals surface area contributed by atoms with Crippen LogP contribution in [-0.2, 0) is 14.6 Å². The van der Waals surface area contributed by atoms with Crippen molar-refractivity contribution in [3.63, 3.8) is 0 Å². The van der Waals surface area contributed by atoms with Gasteiger partial charge in [0.05, 0.1) is 17.6 Å². The van der Waals surface area contributed by atoms with Crippen molar-refractivity contribution in [2.45, 2.75) is 31.8 Å². The fraction of sp³-hybridized carbons (Fsp3) is 1.00. The molecule has 1 N–H and O–H groups in total. The lowest BCUT2D eigenvalue weighted by Crippen LogP contribution is -2.59. The van der Waals surface area contributed by atoms with Crippen LogP contribution in [0.4, 0.5) is 0 Å². The van der Waals surface area contributed by atoms with Crippen LogP contribution in [0.25, 0.3) is 0 Å². The van der Waals surface area contributed by atoms with E-state index in [1.54, 1.807) is 0 Å². The highest BCUT2D eigenvalue weighted by Gasteiger charge is 2.49. The second-order valence-electron chi connectivity index (χ2n) is 5.91. The highest BCUT2D eigenvalue weighted by molar-refractivity contribution is 7.91. The Hall–Kier alpha value is -0.130. The van der Waals surface area contributed by atoms with E-state index in [1.807, 2.05) is 0 Å². The third-order valence-electron chi connectivity index (χ3n) is 4.71. The van der Waals surface area contributed by atoms with Crippen LogP contribution in [-0.4, -0.2) is 45.7 Å². The van der Waals surface area contributed by atoms with E-state index >= 15 is 0 Å². The third kappa shape index (κ3) is 2.25. The molecule has 3 rings (SSSR count). The molecule has 4 nitrogen and oxygen atoms in total. The molecule has 0 amide bonds. The Labute approximate surface area is 103 Å². The highest BCUT2D eigenvalue weighted by atomic mass is 32.2. The Morgan fingerprint density at radius 1 is 1.29 bits per heavy atom. The van der Waals surface area contributed by atoms with Crippen molar-refractivity contribution in [3.05, 3.63) is 0 Å². The zero-order valence-corrected chi connectivity index (χ0v) is 11.0. The number of hydrogen-bond donors (Lipinski definition) is 1. The first-order valence-electron chi connectivity index (χ1n) is 6.62. The fourth-order valence-electron chi connectivity index (χ4n) is 3.58. The smallest absolute Gasteiger partial charge is 0.150 e. The molecule has 0 aromatic rings. The third-order valence-corrected chi connectivity index (χ3v) is 6.48. The summed E-state index contributed by atoms with van der Waals surface area (Å²) < 4.78 is 28.9. The van der Waals surface area contributed by atoms with Crippen LogP contribution in [0.5, 0.6) is 0 Å². The van der Waals surface area contributed by atoms with Gasteiger partial charge in [0, 0.05) is 25.1 Å². The molecule has 0 spiro atoms. The lowest BCUT2D eigenvalue weighted by atomic mass is 9.67.